The molecule has 0 radical (unpaired) electrons. The summed E-state index contributed by atoms with van der Waals surface area (Å²) in [7, 11) is 0. The van der Waals surface area contributed by atoms with E-state index in [1.54, 1.807) is 13.8 Å². The van der Waals surface area contributed by atoms with E-state index in [0.29, 0.717) is 0 Å². The van der Waals surface area contributed by atoms with Crippen LogP contribution in [0.5, 0.6) is 0 Å². The van der Waals surface area contributed by atoms with Crippen molar-refractivity contribution in [2.45, 2.75) is 38.6 Å². The van der Waals surface area contributed by atoms with Crippen LogP contribution in [0.4, 0.5) is 4.79 Å². The maximum absolute atomic E-state index is 12.8. The van der Waals surface area contributed by atoms with Gasteiger partial charge in [0, 0.05) is 11.1 Å². The van der Waals surface area contributed by atoms with E-state index in [2.05, 4.69) is 4.98 Å². The van der Waals surface area contributed by atoms with Gasteiger partial charge in [-0.1, -0.05) is 30.3 Å². The third-order valence-electron chi connectivity index (χ3n) is 4.39. The van der Waals surface area contributed by atoms with Crippen molar-refractivity contribution in [2.75, 3.05) is 0 Å². The Morgan fingerprint density at radius 1 is 1.38 bits per heavy atom. The van der Waals surface area contributed by atoms with Crippen molar-refractivity contribution in [3.63, 3.8) is 0 Å². The molecule has 2 amide bonds. The van der Waals surface area contributed by atoms with Crippen molar-refractivity contribution in [3.05, 3.63) is 64.2 Å². The Morgan fingerprint density at radius 2 is 2.08 bits per heavy atom. The summed E-state index contributed by atoms with van der Waals surface area (Å²) >= 11 is 0. The second-order valence-electron chi connectivity index (χ2n) is 6.14. The first-order valence-corrected chi connectivity index (χ1v) is 8.11. The molecule has 3 unspecified atom stereocenters. The molecule has 9 heteroatoms. The minimum Gasteiger partial charge on any atom is -0.439 e. The van der Waals surface area contributed by atoms with E-state index < -0.39 is 41.7 Å². The Bertz CT molecular complexity index is 835. The highest BCUT2D eigenvalue weighted by Crippen LogP contribution is 2.33. The third kappa shape index (κ3) is 3.28. The summed E-state index contributed by atoms with van der Waals surface area (Å²) < 4.78 is 6.84. The Kier molecular flexibility index (Phi) is 4.70. The van der Waals surface area contributed by atoms with Crippen LogP contribution >= 0.6 is 0 Å². The van der Waals surface area contributed by atoms with Gasteiger partial charge in [-0.3, -0.25) is 14.9 Å². The summed E-state index contributed by atoms with van der Waals surface area (Å²) in [5.41, 5.74) is 1.06. The van der Waals surface area contributed by atoms with Gasteiger partial charge in [0.1, 0.15) is 17.8 Å². The van der Waals surface area contributed by atoms with Crippen LogP contribution in [0.1, 0.15) is 37.3 Å². The van der Waals surface area contributed by atoms with Gasteiger partial charge in [-0.25, -0.2) is 14.7 Å². The fraction of sp³-hybridized carbons (Fsp3) is 0.353. The highest BCUT2D eigenvalue weighted by atomic mass is 16.6. The molecule has 1 fully saturated rings. The van der Waals surface area contributed by atoms with Crippen LogP contribution in [0.2, 0.25) is 0 Å². The summed E-state index contributed by atoms with van der Waals surface area (Å²) in [6, 6.07) is 8.00. The van der Waals surface area contributed by atoms with Crippen LogP contribution < -0.4 is 0 Å². The Morgan fingerprint density at radius 3 is 2.73 bits per heavy atom. The molecule has 1 aromatic heterocycles. The fourth-order valence-electron chi connectivity index (χ4n) is 2.98. The van der Waals surface area contributed by atoms with E-state index >= 15 is 0 Å². The first-order valence-electron chi connectivity index (χ1n) is 8.11. The number of benzene rings is 1. The molecule has 0 aliphatic carbocycles. The number of aromatic nitrogens is 2. The molecular formula is C17H18N4O5. The van der Waals surface area contributed by atoms with Crippen molar-refractivity contribution in [3.8, 4) is 0 Å². The van der Waals surface area contributed by atoms with Crippen molar-refractivity contribution in [1.82, 2.24) is 14.5 Å². The average molecular weight is 358 g/mol. The largest absolute Gasteiger partial charge is 0.439 e. The lowest BCUT2D eigenvalue weighted by Gasteiger charge is -2.22. The van der Waals surface area contributed by atoms with Crippen LogP contribution in [-0.2, 0) is 16.1 Å². The maximum Gasteiger partial charge on any atom is 0.417 e. The number of cyclic esters (lactones) is 1. The minimum absolute atomic E-state index is 0.244. The highest BCUT2D eigenvalue weighted by molar-refractivity contribution is 5.95. The van der Waals surface area contributed by atoms with Crippen LogP contribution in [0.15, 0.2) is 42.9 Å². The van der Waals surface area contributed by atoms with Gasteiger partial charge in [0.2, 0.25) is 6.54 Å². The lowest BCUT2D eigenvalue weighted by atomic mass is 10.0. The Labute approximate surface area is 149 Å². The molecule has 0 spiro atoms. The number of imidazole rings is 1. The zero-order valence-corrected chi connectivity index (χ0v) is 14.3. The van der Waals surface area contributed by atoms with Gasteiger partial charge < -0.3 is 9.30 Å². The van der Waals surface area contributed by atoms with E-state index in [1.165, 1.54) is 17.1 Å². The smallest absolute Gasteiger partial charge is 0.417 e. The first-order chi connectivity index (χ1) is 12.4. The molecule has 0 bridgehead atoms. The molecule has 3 atom stereocenters. The summed E-state index contributed by atoms with van der Waals surface area (Å²) in [5, 5.41) is 10.6. The monoisotopic (exact) mass is 358 g/mol. The number of carbonyl (C=O) groups is 2. The second kappa shape index (κ2) is 6.95. The fourth-order valence-corrected chi connectivity index (χ4v) is 2.98. The predicted octanol–water partition coefficient (Wildman–Crippen LogP) is 2.33. The number of amides is 2. The molecule has 2 heterocycles. The van der Waals surface area contributed by atoms with Gasteiger partial charge in [-0.2, -0.15) is 0 Å². The Hall–Kier alpha value is -3.23. The van der Waals surface area contributed by atoms with Crippen molar-refractivity contribution >= 4 is 12.0 Å². The maximum atomic E-state index is 12.8. The quantitative estimate of drug-likeness (QED) is 0.599. The number of nitro groups is 1. The number of hydrogen-bond donors (Lipinski definition) is 0. The van der Waals surface area contributed by atoms with Crippen LogP contribution in [0.3, 0.4) is 0 Å². The zero-order chi connectivity index (χ0) is 18.8. The summed E-state index contributed by atoms with van der Waals surface area (Å²) in [4.78, 5) is 40.2. The molecule has 0 saturated carbocycles. The molecule has 9 nitrogen and oxygen atoms in total. The van der Waals surface area contributed by atoms with E-state index in [4.69, 9.17) is 4.74 Å². The molecule has 1 aliphatic heterocycles. The van der Waals surface area contributed by atoms with Crippen molar-refractivity contribution < 1.29 is 19.2 Å². The number of hydrogen-bond acceptors (Lipinski definition) is 6. The second-order valence-corrected chi connectivity index (χ2v) is 6.14. The standard InChI is InChI=1S/C17H18N4O5/c1-11-15(13-6-4-3-5-7-13)26-17(23)21(11)16(22)12(2)19-8-14(18-10-19)9-20(24)25/h3-8,10-12,15H,9H2,1-2H3. The minimum atomic E-state index is -0.743. The molecule has 2 aromatic rings. The van der Waals surface area contributed by atoms with E-state index in [1.807, 2.05) is 30.3 Å². The normalized spacial score (nSPS) is 20.7. The van der Waals surface area contributed by atoms with Crippen LogP contribution in [0.25, 0.3) is 0 Å². The van der Waals surface area contributed by atoms with Gasteiger partial charge in [-0.05, 0) is 19.4 Å². The van der Waals surface area contributed by atoms with E-state index in [9.17, 15) is 19.7 Å². The van der Waals surface area contributed by atoms with Gasteiger partial charge in [0.25, 0.3) is 5.91 Å². The third-order valence-corrected chi connectivity index (χ3v) is 4.39. The molecule has 1 aliphatic rings. The Balaban J connectivity index is 1.77. The highest BCUT2D eigenvalue weighted by Gasteiger charge is 2.44. The molecule has 136 valence electrons. The lowest BCUT2D eigenvalue weighted by molar-refractivity contribution is -0.497. The topological polar surface area (TPSA) is 108 Å². The molecule has 0 N–H and O–H groups in total. The van der Waals surface area contributed by atoms with E-state index in [0.717, 1.165) is 10.5 Å². The number of nitrogens with zero attached hydrogens (tertiary/aromatic N) is 4. The number of ether oxygens (including phenoxy) is 1. The lowest BCUT2D eigenvalue weighted by Crippen LogP contribution is -2.41. The number of rotatable bonds is 5. The number of carbonyl (C=O) groups excluding carboxylic acids is 2. The summed E-state index contributed by atoms with van der Waals surface area (Å²) in [6.45, 7) is 2.93. The molecule has 3 rings (SSSR count). The van der Waals surface area contributed by atoms with Gasteiger partial charge in [0.05, 0.1) is 12.4 Å². The van der Waals surface area contributed by atoms with Gasteiger partial charge in [0.15, 0.2) is 0 Å². The first kappa shape index (κ1) is 17.6. The predicted molar refractivity (Wildman–Crippen MR) is 89.6 cm³/mol. The molecule has 26 heavy (non-hydrogen) atoms. The van der Waals surface area contributed by atoms with Crippen LogP contribution in [0, 0.1) is 10.1 Å². The van der Waals surface area contributed by atoms with Gasteiger partial charge in [-0.15, -0.1) is 0 Å². The SMILES string of the molecule is CC1C(c2ccccc2)OC(=O)N1C(=O)C(C)n1cnc(C[N+](=O)[O-])c1. The summed E-state index contributed by atoms with van der Waals surface area (Å²) in [6.07, 6.45) is 1.55. The summed E-state index contributed by atoms with van der Waals surface area (Å²) in [5.74, 6) is -0.453. The average Bonchev–Trinajstić information content (AvgIpc) is 3.18. The molecule has 1 saturated heterocycles. The molecular weight excluding hydrogens is 340 g/mol. The molecule has 1 aromatic carbocycles. The zero-order valence-electron chi connectivity index (χ0n) is 14.3. The van der Waals surface area contributed by atoms with Crippen LogP contribution in [-0.4, -0.2) is 37.4 Å². The van der Waals surface area contributed by atoms with Crippen molar-refractivity contribution in [1.29, 1.82) is 0 Å². The number of imide groups is 1. The van der Waals surface area contributed by atoms with E-state index in [-0.39, 0.29) is 5.69 Å². The van der Waals surface area contributed by atoms with Crippen molar-refractivity contribution in [2.24, 2.45) is 0 Å². The van der Waals surface area contributed by atoms with Gasteiger partial charge >= 0.3 is 6.09 Å².